The molecule has 3 rings (SSSR count). The van der Waals surface area contributed by atoms with Crippen molar-refractivity contribution in [3.63, 3.8) is 0 Å². The Hall–Kier alpha value is -3.27. The molecular weight excluding hydrogens is 353 g/mol. The Kier molecular flexibility index (Phi) is 4.70. The van der Waals surface area contributed by atoms with Crippen molar-refractivity contribution in [2.45, 2.75) is 6.54 Å². The van der Waals surface area contributed by atoms with Crippen molar-refractivity contribution in [2.24, 2.45) is 0 Å². The van der Waals surface area contributed by atoms with Gasteiger partial charge in [-0.15, -0.1) is 0 Å². The molecule has 0 bridgehead atoms. The van der Waals surface area contributed by atoms with Gasteiger partial charge in [-0.1, -0.05) is 16.8 Å². The van der Waals surface area contributed by atoms with Crippen molar-refractivity contribution in [1.82, 2.24) is 25.6 Å². The Labute approximate surface area is 145 Å². The second-order valence-electron chi connectivity index (χ2n) is 4.81. The molecule has 0 saturated carbocycles. The predicted molar refractivity (Wildman–Crippen MR) is 85.9 cm³/mol. The molecule has 11 heteroatoms. The van der Waals surface area contributed by atoms with Gasteiger partial charge in [0.1, 0.15) is 11.5 Å². The second-order valence-corrected chi connectivity index (χ2v) is 5.22. The average molecular weight is 364 g/mol. The first-order chi connectivity index (χ1) is 12.0. The van der Waals surface area contributed by atoms with E-state index >= 15 is 0 Å². The molecule has 1 amide bonds. The minimum Gasteiger partial charge on any atom is -0.344 e. The fourth-order valence-corrected chi connectivity index (χ4v) is 2.11. The summed E-state index contributed by atoms with van der Waals surface area (Å²) >= 11 is 5.70. The molecule has 0 atom stereocenters. The number of anilines is 1. The van der Waals surface area contributed by atoms with Crippen molar-refractivity contribution in [3.8, 4) is 0 Å². The van der Waals surface area contributed by atoms with E-state index in [9.17, 15) is 9.18 Å². The molecule has 25 heavy (non-hydrogen) atoms. The van der Waals surface area contributed by atoms with Crippen LogP contribution in [-0.4, -0.2) is 32.0 Å². The third kappa shape index (κ3) is 3.80. The van der Waals surface area contributed by atoms with Crippen LogP contribution in [0.2, 0.25) is 5.02 Å². The van der Waals surface area contributed by atoms with Crippen molar-refractivity contribution in [1.29, 1.82) is 5.41 Å². The number of carbonyl (C=O) groups is 1. The number of nitrogens with zero attached hydrogens (tertiary/aromatic N) is 3. The molecule has 0 fully saturated rings. The number of amides is 1. The highest BCUT2D eigenvalue weighted by Crippen LogP contribution is 2.20. The summed E-state index contributed by atoms with van der Waals surface area (Å²) in [6.45, 7) is -0.0212. The van der Waals surface area contributed by atoms with Crippen molar-refractivity contribution < 1.29 is 13.8 Å². The molecule has 0 aliphatic rings. The van der Waals surface area contributed by atoms with E-state index in [0.717, 1.165) is 0 Å². The standard InChI is InChI=1S/C14H11ClFN7O2/c15-8-5-7(1-2-9(8)16)21-12(17)11-10(22-25-23-11)6-20-14(24)13-18-3-4-19-13/h1-5H,6H2,(H2,17,21)(H,18,19)(H,20,24). The summed E-state index contributed by atoms with van der Waals surface area (Å²) in [4.78, 5) is 18.3. The van der Waals surface area contributed by atoms with E-state index in [1.54, 1.807) is 0 Å². The molecule has 1 aromatic carbocycles. The number of nitrogens with one attached hydrogen (secondary N) is 4. The fourth-order valence-electron chi connectivity index (χ4n) is 1.93. The second kappa shape index (κ2) is 7.09. The number of halogens is 2. The van der Waals surface area contributed by atoms with Gasteiger partial charge in [0.2, 0.25) is 0 Å². The third-order valence-corrected chi connectivity index (χ3v) is 3.40. The van der Waals surface area contributed by atoms with E-state index in [1.807, 2.05) is 0 Å². The Morgan fingerprint density at radius 2 is 2.24 bits per heavy atom. The number of hydrogen-bond donors (Lipinski definition) is 4. The quantitative estimate of drug-likeness (QED) is 0.404. The smallest absolute Gasteiger partial charge is 0.287 e. The van der Waals surface area contributed by atoms with Crippen LogP contribution in [0.1, 0.15) is 22.0 Å². The maximum atomic E-state index is 13.2. The topological polar surface area (TPSA) is 133 Å². The molecule has 0 saturated heterocycles. The minimum atomic E-state index is -0.567. The zero-order chi connectivity index (χ0) is 17.8. The number of H-pyrrole nitrogens is 1. The Morgan fingerprint density at radius 1 is 1.40 bits per heavy atom. The van der Waals surface area contributed by atoms with Crippen molar-refractivity contribution in [3.05, 3.63) is 58.6 Å². The summed E-state index contributed by atoms with van der Waals surface area (Å²) in [5, 5.41) is 20.5. The van der Waals surface area contributed by atoms with Gasteiger partial charge in [0.25, 0.3) is 5.91 Å². The summed E-state index contributed by atoms with van der Waals surface area (Å²) in [5.74, 6) is -1.01. The van der Waals surface area contributed by atoms with E-state index in [4.69, 9.17) is 17.0 Å². The van der Waals surface area contributed by atoms with Gasteiger partial charge < -0.3 is 15.6 Å². The lowest BCUT2D eigenvalue weighted by Gasteiger charge is -2.07. The van der Waals surface area contributed by atoms with Crippen molar-refractivity contribution >= 4 is 29.0 Å². The molecule has 128 valence electrons. The zero-order valence-corrected chi connectivity index (χ0v) is 13.3. The van der Waals surface area contributed by atoms with E-state index in [-0.39, 0.29) is 34.6 Å². The first-order valence-corrected chi connectivity index (χ1v) is 7.32. The Balaban J connectivity index is 1.67. The van der Waals surface area contributed by atoms with Gasteiger partial charge in [0.05, 0.1) is 11.6 Å². The molecule has 2 aromatic heterocycles. The first-order valence-electron chi connectivity index (χ1n) is 6.94. The lowest BCUT2D eigenvalue weighted by Crippen LogP contribution is -2.25. The number of benzene rings is 1. The third-order valence-electron chi connectivity index (χ3n) is 3.11. The number of aromatic nitrogens is 4. The van der Waals surface area contributed by atoms with Crippen LogP contribution in [0.5, 0.6) is 0 Å². The normalized spacial score (nSPS) is 10.5. The summed E-state index contributed by atoms with van der Waals surface area (Å²) in [6, 6.07) is 3.92. The van der Waals surface area contributed by atoms with E-state index in [1.165, 1.54) is 30.6 Å². The van der Waals surface area contributed by atoms with Gasteiger partial charge in [0.15, 0.2) is 17.4 Å². The van der Waals surface area contributed by atoms with Gasteiger partial charge in [-0.2, -0.15) is 0 Å². The molecule has 2 heterocycles. The van der Waals surface area contributed by atoms with Crippen LogP contribution in [0.4, 0.5) is 10.1 Å². The molecular formula is C14H11ClFN7O2. The molecule has 3 aromatic rings. The molecule has 4 N–H and O–H groups in total. The number of amidine groups is 1. The van der Waals surface area contributed by atoms with E-state index in [0.29, 0.717) is 5.69 Å². The molecule has 0 aliphatic carbocycles. The molecule has 9 nitrogen and oxygen atoms in total. The first kappa shape index (κ1) is 16.6. The van der Waals surface area contributed by atoms with Crippen LogP contribution < -0.4 is 10.6 Å². The summed E-state index contributed by atoms with van der Waals surface area (Å²) in [6.07, 6.45) is 2.97. The molecule has 0 aliphatic heterocycles. The van der Waals surface area contributed by atoms with Gasteiger partial charge in [-0.25, -0.2) is 14.0 Å². The van der Waals surface area contributed by atoms with Gasteiger partial charge in [-0.3, -0.25) is 10.2 Å². The van der Waals surface area contributed by atoms with Crippen molar-refractivity contribution in [2.75, 3.05) is 5.32 Å². The van der Waals surface area contributed by atoms with E-state index < -0.39 is 11.7 Å². The summed E-state index contributed by atoms with van der Waals surface area (Å²) in [5.41, 5.74) is 0.732. The van der Waals surface area contributed by atoms with Crippen LogP contribution in [-0.2, 0) is 6.54 Å². The van der Waals surface area contributed by atoms with Gasteiger partial charge >= 0.3 is 0 Å². The van der Waals surface area contributed by atoms with Crippen LogP contribution >= 0.6 is 11.6 Å². The van der Waals surface area contributed by atoms with Crippen LogP contribution in [0.3, 0.4) is 0 Å². The largest absolute Gasteiger partial charge is 0.344 e. The number of hydrogen-bond acceptors (Lipinski definition) is 6. The predicted octanol–water partition coefficient (Wildman–Crippen LogP) is 1.95. The SMILES string of the molecule is N=C(Nc1ccc(F)c(Cl)c1)c1nonc1CNC(=O)c1ncc[nH]1. The monoisotopic (exact) mass is 363 g/mol. The van der Waals surface area contributed by atoms with Crippen LogP contribution in [0.25, 0.3) is 0 Å². The highest BCUT2D eigenvalue weighted by Gasteiger charge is 2.17. The highest BCUT2D eigenvalue weighted by atomic mass is 35.5. The van der Waals surface area contributed by atoms with Crippen LogP contribution in [0.15, 0.2) is 35.2 Å². The lowest BCUT2D eigenvalue weighted by atomic mass is 10.2. The zero-order valence-electron chi connectivity index (χ0n) is 12.5. The Morgan fingerprint density at radius 3 is 2.96 bits per heavy atom. The maximum Gasteiger partial charge on any atom is 0.287 e. The number of carbonyl (C=O) groups excluding carboxylic acids is 1. The molecule has 0 radical (unpaired) electrons. The summed E-state index contributed by atoms with van der Waals surface area (Å²) < 4.78 is 17.8. The van der Waals surface area contributed by atoms with Crippen LogP contribution in [0, 0.1) is 11.2 Å². The lowest BCUT2D eigenvalue weighted by molar-refractivity contribution is 0.0940. The fraction of sp³-hybridized carbons (Fsp3) is 0.0714. The highest BCUT2D eigenvalue weighted by molar-refractivity contribution is 6.31. The number of rotatable bonds is 5. The average Bonchev–Trinajstić information content (AvgIpc) is 3.27. The Bertz CT molecular complexity index is 910. The number of aromatic amines is 1. The molecule has 0 spiro atoms. The molecule has 0 unspecified atom stereocenters. The summed E-state index contributed by atoms with van der Waals surface area (Å²) in [7, 11) is 0. The van der Waals surface area contributed by atoms with Gasteiger partial charge in [0, 0.05) is 18.1 Å². The minimum absolute atomic E-state index is 0.0212. The van der Waals surface area contributed by atoms with Gasteiger partial charge in [-0.05, 0) is 23.4 Å². The maximum absolute atomic E-state index is 13.2. The van der Waals surface area contributed by atoms with E-state index in [2.05, 4.69) is 35.5 Å². The number of imidazole rings is 1.